The van der Waals surface area contributed by atoms with Crippen molar-refractivity contribution in [2.24, 2.45) is 5.92 Å². The van der Waals surface area contributed by atoms with Crippen LogP contribution in [0.4, 0.5) is 5.69 Å². The Balaban J connectivity index is 1.59. The van der Waals surface area contributed by atoms with E-state index in [1.807, 2.05) is 36.4 Å². The van der Waals surface area contributed by atoms with Crippen molar-refractivity contribution < 1.29 is 23.9 Å². The number of anilines is 1. The van der Waals surface area contributed by atoms with Gasteiger partial charge in [-0.1, -0.05) is 42.5 Å². The number of hydrogen-bond acceptors (Lipinski definition) is 5. The van der Waals surface area contributed by atoms with Crippen molar-refractivity contribution in [2.75, 3.05) is 25.6 Å². The predicted octanol–water partition coefficient (Wildman–Crippen LogP) is 2.64. The van der Waals surface area contributed by atoms with Crippen molar-refractivity contribution in [1.82, 2.24) is 4.90 Å². The average molecular weight is 410 g/mol. The molecule has 0 radical (unpaired) electrons. The Labute approximate surface area is 176 Å². The molecule has 0 aromatic heterocycles. The van der Waals surface area contributed by atoms with Gasteiger partial charge in [0, 0.05) is 26.6 Å². The molecule has 1 fully saturated rings. The third-order valence-electron chi connectivity index (χ3n) is 5.11. The molecule has 2 amide bonds. The number of nitrogens with zero attached hydrogens (tertiary/aromatic N) is 2. The number of methoxy groups -OCH3 is 1. The van der Waals surface area contributed by atoms with E-state index in [9.17, 15) is 14.4 Å². The van der Waals surface area contributed by atoms with Gasteiger partial charge < -0.3 is 19.3 Å². The van der Waals surface area contributed by atoms with Crippen LogP contribution in [0.2, 0.25) is 0 Å². The van der Waals surface area contributed by atoms with Gasteiger partial charge in [0.1, 0.15) is 5.75 Å². The molecule has 7 heteroatoms. The number of esters is 1. The summed E-state index contributed by atoms with van der Waals surface area (Å²) in [5.74, 6) is -1.09. The quantitative estimate of drug-likeness (QED) is 0.656. The molecule has 0 saturated carbocycles. The number of carbonyl (C=O) groups excluding carboxylic acids is 3. The molecule has 3 rings (SSSR count). The summed E-state index contributed by atoms with van der Waals surface area (Å²) in [4.78, 5) is 40.7. The lowest BCUT2D eigenvalue weighted by atomic mass is 10.1. The number of ether oxygens (including phenoxy) is 2. The largest absolute Gasteiger partial charge is 0.495 e. The zero-order valence-corrected chi connectivity index (χ0v) is 17.4. The van der Waals surface area contributed by atoms with Crippen molar-refractivity contribution in [1.29, 1.82) is 0 Å². The van der Waals surface area contributed by atoms with Gasteiger partial charge in [0.25, 0.3) is 5.91 Å². The van der Waals surface area contributed by atoms with E-state index >= 15 is 0 Å². The van der Waals surface area contributed by atoms with Crippen molar-refractivity contribution in [3.05, 3.63) is 60.2 Å². The van der Waals surface area contributed by atoms with E-state index in [1.165, 1.54) is 16.9 Å². The fraction of sp³-hybridized carbons (Fsp3) is 0.348. The molecule has 1 saturated heterocycles. The summed E-state index contributed by atoms with van der Waals surface area (Å²) in [6, 6.07) is 16.7. The monoisotopic (exact) mass is 410 g/mol. The van der Waals surface area contributed by atoms with Gasteiger partial charge in [-0.25, -0.2) is 0 Å². The molecule has 2 aromatic carbocycles. The molecule has 0 unspecified atom stereocenters. The summed E-state index contributed by atoms with van der Waals surface area (Å²) in [6.07, 6.45) is -0.890. The van der Waals surface area contributed by atoms with Crippen LogP contribution >= 0.6 is 0 Å². The number of amides is 2. The molecule has 1 aliphatic heterocycles. The van der Waals surface area contributed by atoms with Crippen molar-refractivity contribution in [3.8, 4) is 5.75 Å². The van der Waals surface area contributed by atoms with E-state index in [-0.39, 0.29) is 24.8 Å². The van der Waals surface area contributed by atoms with Gasteiger partial charge in [0.2, 0.25) is 5.91 Å². The predicted molar refractivity (Wildman–Crippen MR) is 112 cm³/mol. The van der Waals surface area contributed by atoms with Gasteiger partial charge >= 0.3 is 5.97 Å². The second-order valence-electron chi connectivity index (χ2n) is 7.34. The maximum Gasteiger partial charge on any atom is 0.312 e. The standard InChI is InChI=1S/C23H26N2O5/c1-16(22(27)24(2)14-17-9-5-4-6-10-17)30-23(28)18-13-21(26)25(15-18)19-11-7-8-12-20(19)29-3/h4-12,16,18H,13-15H2,1-3H3/t16-,18-/m0/s1. The highest BCUT2D eigenvalue weighted by atomic mass is 16.5. The van der Waals surface area contributed by atoms with Crippen LogP contribution in [-0.4, -0.2) is 49.5 Å². The van der Waals surface area contributed by atoms with E-state index in [0.29, 0.717) is 18.0 Å². The number of hydrogen-bond donors (Lipinski definition) is 0. The number of para-hydroxylation sites is 2. The zero-order chi connectivity index (χ0) is 21.7. The van der Waals surface area contributed by atoms with E-state index in [4.69, 9.17) is 9.47 Å². The summed E-state index contributed by atoms with van der Waals surface area (Å²) in [5.41, 5.74) is 1.60. The normalized spacial score (nSPS) is 16.8. The van der Waals surface area contributed by atoms with E-state index < -0.39 is 18.0 Å². The van der Waals surface area contributed by atoms with Crippen LogP contribution in [0.25, 0.3) is 0 Å². The van der Waals surface area contributed by atoms with E-state index in [1.54, 1.807) is 32.2 Å². The van der Waals surface area contributed by atoms with Crippen LogP contribution in [0.5, 0.6) is 5.75 Å². The minimum atomic E-state index is -0.929. The number of carbonyl (C=O) groups is 3. The summed E-state index contributed by atoms with van der Waals surface area (Å²) in [6.45, 7) is 2.17. The third-order valence-corrected chi connectivity index (χ3v) is 5.11. The molecule has 30 heavy (non-hydrogen) atoms. The Morgan fingerprint density at radius 3 is 2.50 bits per heavy atom. The molecule has 0 bridgehead atoms. The summed E-state index contributed by atoms with van der Waals surface area (Å²) in [7, 11) is 3.20. The molecule has 0 spiro atoms. The number of rotatable bonds is 7. The molecule has 0 N–H and O–H groups in total. The molecule has 158 valence electrons. The summed E-state index contributed by atoms with van der Waals surface area (Å²) < 4.78 is 10.7. The first-order chi connectivity index (χ1) is 14.4. The second kappa shape index (κ2) is 9.43. The van der Waals surface area contributed by atoms with Gasteiger partial charge in [-0.2, -0.15) is 0 Å². The number of likely N-dealkylation sites (N-methyl/N-ethyl adjacent to an activating group) is 1. The maximum atomic E-state index is 12.6. The topological polar surface area (TPSA) is 76.2 Å². The molecule has 2 aromatic rings. The fourth-order valence-corrected chi connectivity index (χ4v) is 3.52. The van der Waals surface area contributed by atoms with Gasteiger partial charge in [-0.3, -0.25) is 14.4 Å². The highest BCUT2D eigenvalue weighted by Crippen LogP contribution is 2.33. The first-order valence-electron chi connectivity index (χ1n) is 9.83. The van der Waals surface area contributed by atoms with Crippen LogP contribution in [0.3, 0.4) is 0 Å². The third kappa shape index (κ3) is 4.79. The lowest BCUT2D eigenvalue weighted by Crippen LogP contribution is -2.38. The zero-order valence-electron chi connectivity index (χ0n) is 17.4. The van der Waals surface area contributed by atoms with E-state index in [2.05, 4.69) is 0 Å². The van der Waals surface area contributed by atoms with Crippen LogP contribution < -0.4 is 9.64 Å². The Kier molecular flexibility index (Phi) is 6.72. The van der Waals surface area contributed by atoms with Crippen LogP contribution in [0.15, 0.2) is 54.6 Å². The van der Waals surface area contributed by atoms with Crippen LogP contribution in [0.1, 0.15) is 18.9 Å². The first kappa shape index (κ1) is 21.4. The molecule has 7 nitrogen and oxygen atoms in total. The molecule has 0 aliphatic carbocycles. The highest BCUT2D eigenvalue weighted by Gasteiger charge is 2.38. The van der Waals surface area contributed by atoms with Gasteiger partial charge in [0.05, 0.1) is 18.7 Å². The molecule has 1 aliphatic rings. The maximum absolute atomic E-state index is 12.6. The lowest BCUT2D eigenvalue weighted by molar-refractivity contribution is -0.161. The Morgan fingerprint density at radius 1 is 1.13 bits per heavy atom. The van der Waals surface area contributed by atoms with Crippen molar-refractivity contribution >= 4 is 23.5 Å². The fourth-order valence-electron chi connectivity index (χ4n) is 3.52. The Morgan fingerprint density at radius 2 is 1.80 bits per heavy atom. The van der Waals surface area contributed by atoms with Crippen LogP contribution in [-0.2, 0) is 25.7 Å². The number of benzene rings is 2. The Hall–Kier alpha value is -3.35. The van der Waals surface area contributed by atoms with Crippen molar-refractivity contribution in [3.63, 3.8) is 0 Å². The molecular formula is C23H26N2O5. The van der Waals surface area contributed by atoms with E-state index in [0.717, 1.165) is 5.56 Å². The second-order valence-corrected chi connectivity index (χ2v) is 7.34. The minimum Gasteiger partial charge on any atom is -0.495 e. The van der Waals surface area contributed by atoms with Crippen molar-refractivity contribution in [2.45, 2.75) is 26.0 Å². The first-order valence-corrected chi connectivity index (χ1v) is 9.83. The van der Waals surface area contributed by atoms with Gasteiger partial charge in [0.15, 0.2) is 6.10 Å². The molecule has 1 heterocycles. The summed E-state index contributed by atoms with van der Waals surface area (Å²) >= 11 is 0. The van der Waals surface area contributed by atoms with Gasteiger partial charge in [-0.15, -0.1) is 0 Å². The smallest absolute Gasteiger partial charge is 0.312 e. The van der Waals surface area contributed by atoms with Gasteiger partial charge in [-0.05, 0) is 24.6 Å². The molecular weight excluding hydrogens is 384 g/mol. The minimum absolute atomic E-state index is 0.0393. The highest BCUT2D eigenvalue weighted by molar-refractivity contribution is 6.00. The SMILES string of the molecule is COc1ccccc1N1C[C@@H](C(=O)O[C@@H](C)C(=O)N(C)Cc2ccccc2)CC1=O. The van der Waals surface area contributed by atoms with Crippen LogP contribution in [0, 0.1) is 5.92 Å². The Bertz CT molecular complexity index is 915. The summed E-state index contributed by atoms with van der Waals surface area (Å²) in [5, 5.41) is 0. The average Bonchev–Trinajstić information content (AvgIpc) is 3.15. The molecule has 2 atom stereocenters. The lowest BCUT2D eigenvalue weighted by Gasteiger charge is -2.23.